The number of carbonyl (C=O) groups is 2. The highest BCUT2D eigenvalue weighted by molar-refractivity contribution is 5.94. The van der Waals surface area contributed by atoms with Crippen LogP contribution in [0.15, 0.2) is 42.5 Å². The number of amides is 2. The molecule has 2 amide bonds. The third kappa shape index (κ3) is 4.14. The summed E-state index contributed by atoms with van der Waals surface area (Å²) in [5.41, 5.74) is 5.70. The van der Waals surface area contributed by atoms with Crippen molar-refractivity contribution in [2.75, 3.05) is 37.6 Å². The number of carbonyl (C=O) groups excluding carboxylic acids is 2. The number of hydrogen-bond acceptors (Lipinski definition) is 3. The van der Waals surface area contributed by atoms with Crippen molar-refractivity contribution in [2.45, 2.75) is 33.2 Å². The van der Waals surface area contributed by atoms with Gasteiger partial charge in [0.05, 0.1) is 0 Å². The van der Waals surface area contributed by atoms with Crippen molar-refractivity contribution >= 4 is 17.5 Å². The number of rotatable bonds is 4. The van der Waals surface area contributed by atoms with E-state index in [1.54, 1.807) is 0 Å². The van der Waals surface area contributed by atoms with Gasteiger partial charge in [-0.3, -0.25) is 9.59 Å². The third-order valence-electron chi connectivity index (χ3n) is 6.23. The lowest BCUT2D eigenvalue weighted by Crippen LogP contribution is -2.49. The van der Waals surface area contributed by atoms with Gasteiger partial charge >= 0.3 is 0 Å². The monoisotopic (exact) mass is 391 g/mol. The standard InChI is InChI=1S/C24H29N3O2/c1-18-5-3-6-22(19(18)2)25-13-15-26(16-14-25)24(29)21-10-8-20(9-11-21)17-27-12-4-7-23(27)28/h3,5-6,8-11H,4,7,12-17H2,1-2H3. The smallest absolute Gasteiger partial charge is 0.253 e. The second kappa shape index (κ2) is 8.27. The molecule has 4 rings (SSSR count). The Bertz CT molecular complexity index is 899. The molecule has 29 heavy (non-hydrogen) atoms. The van der Waals surface area contributed by atoms with E-state index in [1.165, 1.54) is 16.8 Å². The molecule has 2 heterocycles. The number of piperazine rings is 1. The second-order valence-corrected chi connectivity index (χ2v) is 8.11. The lowest BCUT2D eigenvalue weighted by molar-refractivity contribution is -0.128. The zero-order chi connectivity index (χ0) is 20.4. The first-order valence-corrected chi connectivity index (χ1v) is 10.5. The summed E-state index contributed by atoms with van der Waals surface area (Å²) in [4.78, 5) is 30.9. The Labute approximate surface area is 172 Å². The summed E-state index contributed by atoms with van der Waals surface area (Å²) in [6.07, 6.45) is 1.61. The normalized spacial score (nSPS) is 17.2. The van der Waals surface area contributed by atoms with E-state index < -0.39 is 0 Å². The minimum absolute atomic E-state index is 0.0920. The molecule has 0 aromatic heterocycles. The molecular formula is C24H29N3O2. The fourth-order valence-corrected chi connectivity index (χ4v) is 4.26. The molecule has 0 spiro atoms. The highest BCUT2D eigenvalue weighted by atomic mass is 16.2. The molecule has 2 saturated heterocycles. The molecule has 0 unspecified atom stereocenters. The fraction of sp³-hybridized carbons (Fsp3) is 0.417. The number of anilines is 1. The first-order chi connectivity index (χ1) is 14.0. The first-order valence-electron chi connectivity index (χ1n) is 10.5. The van der Waals surface area contributed by atoms with Gasteiger partial charge in [0.1, 0.15) is 0 Å². The molecule has 0 saturated carbocycles. The summed E-state index contributed by atoms with van der Waals surface area (Å²) in [5.74, 6) is 0.321. The molecule has 0 atom stereocenters. The van der Waals surface area contributed by atoms with Crippen LogP contribution in [-0.4, -0.2) is 54.3 Å². The van der Waals surface area contributed by atoms with E-state index in [0.29, 0.717) is 13.0 Å². The number of hydrogen-bond donors (Lipinski definition) is 0. The summed E-state index contributed by atoms with van der Waals surface area (Å²) < 4.78 is 0. The molecule has 0 bridgehead atoms. The number of nitrogens with zero attached hydrogens (tertiary/aromatic N) is 3. The highest BCUT2D eigenvalue weighted by Crippen LogP contribution is 2.24. The maximum Gasteiger partial charge on any atom is 0.253 e. The molecule has 2 aromatic rings. The average molecular weight is 392 g/mol. The first kappa shape index (κ1) is 19.5. The Morgan fingerprint density at radius 2 is 1.66 bits per heavy atom. The van der Waals surface area contributed by atoms with Crippen LogP contribution in [0.5, 0.6) is 0 Å². The quantitative estimate of drug-likeness (QED) is 0.803. The predicted molar refractivity (Wildman–Crippen MR) is 115 cm³/mol. The molecule has 0 radical (unpaired) electrons. The van der Waals surface area contributed by atoms with E-state index in [2.05, 4.69) is 36.9 Å². The summed E-state index contributed by atoms with van der Waals surface area (Å²) in [7, 11) is 0. The number of benzene rings is 2. The minimum atomic E-state index is 0.0920. The zero-order valence-corrected chi connectivity index (χ0v) is 17.4. The van der Waals surface area contributed by atoms with Crippen LogP contribution in [-0.2, 0) is 11.3 Å². The van der Waals surface area contributed by atoms with Crippen LogP contribution in [0.25, 0.3) is 0 Å². The molecule has 2 aliphatic rings. The van der Waals surface area contributed by atoms with E-state index in [0.717, 1.165) is 50.3 Å². The van der Waals surface area contributed by atoms with Gasteiger partial charge in [-0.1, -0.05) is 24.3 Å². The van der Waals surface area contributed by atoms with Crippen LogP contribution < -0.4 is 4.90 Å². The molecule has 5 heteroatoms. The van der Waals surface area contributed by atoms with Crippen molar-refractivity contribution in [2.24, 2.45) is 0 Å². The van der Waals surface area contributed by atoms with E-state index in [4.69, 9.17) is 0 Å². The van der Waals surface area contributed by atoms with E-state index in [-0.39, 0.29) is 11.8 Å². The van der Waals surface area contributed by atoms with Gasteiger partial charge in [-0.05, 0) is 55.2 Å². The average Bonchev–Trinajstić information content (AvgIpc) is 3.15. The molecule has 5 nitrogen and oxygen atoms in total. The minimum Gasteiger partial charge on any atom is -0.368 e. The fourth-order valence-electron chi connectivity index (χ4n) is 4.26. The maximum atomic E-state index is 12.9. The van der Waals surface area contributed by atoms with Crippen molar-refractivity contribution < 1.29 is 9.59 Å². The van der Waals surface area contributed by atoms with Gasteiger partial charge in [-0.15, -0.1) is 0 Å². The lowest BCUT2D eigenvalue weighted by Gasteiger charge is -2.37. The Hall–Kier alpha value is -2.82. The van der Waals surface area contributed by atoms with Gasteiger partial charge in [0, 0.05) is 56.9 Å². The predicted octanol–water partition coefficient (Wildman–Crippen LogP) is 3.39. The van der Waals surface area contributed by atoms with Gasteiger partial charge < -0.3 is 14.7 Å². The summed E-state index contributed by atoms with van der Waals surface area (Å²) >= 11 is 0. The molecule has 0 aliphatic carbocycles. The van der Waals surface area contributed by atoms with Crippen LogP contribution in [0.2, 0.25) is 0 Å². The molecule has 152 valence electrons. The largest absolute Gasteiger partial charge is 0.368 e. The van der Waals surface area contributed by atoms with Crippen LogP contribution in [0, 0.1) is 13.8 Å². The van der Waals surface area contributed by atoms with Gasteiger partial charge in [0.15, 0.2) is 0 Å². The van der Waals surface area contributed by atoms with Gasteiger partial charge in [-0.25, -0.2) is 0 Å². The molecular weight excluding hydrogens is 362 g/mol. The van der Waals surface area contributed by atoms with E-state index >= 15 is 0 Å². The Morgan fingerprint density at radius 3 is 2.31 bits per heavy atom. The van der Waals surface area contributed by atoms with Crippen molar-refractivity contribution in [3.05, 3.63) is 64.7 Å². The van der Waals surface area contributed by atoms with E-state index in [9.17, 15) is 9.59 Å². The van der Waals surface area contributed by atoms with Crippen molar-refractivity contribution in [1.29, 1.82) is 0 Å². The zero-order valence-electron chi connectivity index (χ0n) is 17.4. The summed E-state index contributed by atoms with van der Waals surface area (Å²) in [5, 5.41) is 0. The van der Waals surface area contributed by atoms with Gasteiger partial charge in [-0.2, -0.15) is 0 Å². The number of likely N-dealkylation sites (tertiary alicyclic amines) is 1. The Balaban J connectivity index is 1.35. The van der Waals surface area contributed by atoms with Crippen LogP contribution in [0.3, 0.4) is 0 Å². The Kier molecular flexibility index (Phi) is 5.56. The summed E-state index contributed by atoms with van der Waals surface area (Å²) in [6, 6.07) is 14.2. The Morgan fingerprint density at radius 1 is 0.931 bits per heavy atom. The topological polar surface area (TPSA) is 43.9 Å². The maximum absolute atomic E-state index is 12.9. The van der Waals surface area contributed by atoms with Crippen molar-refractivity contribution in [3.63, 3.8) is 0 Å². The molecule has 2 aliphatic heterocycles. The van der Waals surface area contributed by atoms with E-state index in [1.807, 2.05) is 34.1 Å². The van der Waals surface area contributed by atoms with Crippen LogP contribution >= 0.6 is 0 Å². The van der Waals surface area contributed by atoms with Crippen molar-refractivity contribution in [3.8, 4) is 0 Å². The lowest BCUT2D eigenvalue weighted by atomic mass is 10.1. The van der Waals surface area contributed by atoms with Crippen molar-refractivity contribution in [1.82, 2.24) is 9.80 Å². The second-order valence-electron chi connectivity index (χ2n) is 8.11. The summed E-state index contributed by atoms with van der Waals surface area (Å²) in [6.45, 7) is 8.95. The highest BCUT2D eigenvalue weighted by Gasteiger charge is 2.24. The molecule has 0 N–H and O–H groups in total. The number of aryl methyl sites for hydroxylation is 1. The van der Waals surface area contributed by atoms with Gasteiger partial charge in [0.25, 0.3) is 5.91 Å². The SMILES string of the molecule is Cc1cccc(N2CCN(C(=O)c3ccc(CN4CCCC4=O)cc3)CC2)c1C. The van der Waals surface area contributed by atoms with Gasteiger partial charge in [0.2, 0.25) is 5.91 Å². The van der Waals surface area contributed by atoms with Crippen LogP contribution in [0.4, 0.5) is 5.69 Å². The third-order valence-corrected chi connectivity index (χ3v) is 6.23. The van der Waals surface area contributed by atoms with Crippen LogP contribution in [0.1, 0.15) is 39.9 Å². The molecule has 2 aromatic carbocycles. The molecule has 2 fully saturated rings.